The maximum Gasteiger partial charge on any atom is 0.511 e. The fraction of sp³-hybridized carbons (Fsp3) is 0.462. The van der Waals surface area contributed by atoms with Crippen LogP contribution in [-0.4, -0.2) is 29.4 Å². The van der Waals surface area contributed by atoms with Crippen LogP contribution in [-0.2, 0) is 11.2 Å². The molecule has 0 saturated carbocycles. The van der Waals surface area contributed by atoms with E-state index in [1.807, 2.05) is 13.8 Å². The molecule has 0 unspecified atom stereocenters. The zero-order chi connectivity index (χ0) is 15.1. The molecule has 1 N–H and O–H groups in total. The number of nitro benzene ring substituents is 1. The summed E-state index contributed by atoms with van der Waals surface area (Å²) in [4.78, 5) is 20.8. The van der Waals surface area contributed by atoms with Crippen LogP contribution in [0.25, 0.3) is 0 Å². The largest absolute Gasteiger partial charge is 0.511 e. The van der Waals surface area contributed by atoms with E-state index in [0.717, 1.165) is 0 Å². The third-order valence-corrected chi connectivity index (χ3v) is 2.42. The van der Waals surface area contributed by atoms with Gasteiger partial charge < -0.3 is 14.6 Å². The first-order valence-corrected chi connectivity index (χ1v) is 6.16. The minimum Gasteiger partial charge on any atom is -0.449 e. The monoisotopic (exact) mass is 283 g/mol. The molecule has 0 atom stereocenters. The maximum atomic E-state index is 10.7. The Labute approximate surface area is 116 Å². The Kier molecular flexibility index (Phi) is 5.92. The Morgan fingerprint density at radius 3 is 2.70 bits per heavy atom. The van der Waals surface area contributed by atoms with E-state index in [-0.39, 0.29) is 11.4 Å². The van der Waals surface area contributed by atoms with Crippen molar-refractivity contribution in [2.45, 2.75) is 20.3 Å². The minimum atomic E-state index is -1.46. The van der Waals surface area contributed by atoms with E-state index < -0.39 is 11.1 Å². The number of ether oxygens (including phenoxy) is 2. The van der Waals surface area contributed by atoms with Gasteiger partial charge >= 0.3 is 6.16 Å². The summed E-state index contributed by atoms with van der Waals surface area (Å²) in [7, 11) is 0. The Morgan fingerprint density at radius 1 is 1.45 bits per heavy atom. The predicted molar refractivity (Wildman–Crippen MR) is 71.1 cm³/mol. The van der Waals surface area contributed by atoms with Crippen LogP contribution >= 0.6 is 0 Å². The normalized spacial score (nSPS) is 10.6. The summed E-state index contributed by atoms with van der Waals surface area (Å²) in [6.45, 7) is 4.93. The van der Waals surface area contributed by atoms with Gasteiger partial charge in [-0.25, -0.2) is 4.79 Å². The number of non-ortho nitro benzene ring substituents is 1. The molecule has 0 spiro atoms. The van der Waals surface area contributed by atoms with Gasteiger partial charge in [-0.15, -0.1) is 0 Å². The maximum absolute atomic E-state index is 10.7. The molecular formula is C13H17NO6. The third-order valence-electron chi connectivity index (χ3n) is 2.42. The fourth-order valence-corrected chi connectivity index (χ4v) is 1.57. The van der Waals surface area contributed by atoms with Gasteiger partial charge in [-0.2, -0.15) is 0 Å². The van der Waals surface area contributed by atoms with E-state index in [2.05, 4.69) is 4.74 Å². The van der Waals surface area contributed by atoms with Crippen LogP contribution in [0.5, 0.6) is 5.75 Å². The van der Waals surface area contributed by atoms with Crippen LogP contribution in [0.3, 0.4) is 0 Å². The summed E-state index contributed by atoms with van der Waals surface area (Å²) in [5.41, 5.74) is 0.326. The standard InChI is InChI=1S/C13H17NO6/c1-9(2)8-19-6-5-10-7-11(14(17)18)3-4-12(10)20-13(15)16/h3-4,7,9H,5-6,8H2,1-2H3,(H,15,16). The van der Waals surface area contributed by atoms with Crippen molar-refractivity contribution < 1.29 is 24.3 Å². The van der Waals surface area contributed by atoms with Crippen molar-refractivity contribution in [2.75, 3.05) is 13.2 Å². The first kappa shape index (κ1) is 15.9. The van der Waals surface area contributed by atoms with Gasteiger partial charge in [0.05, 0.1) is 11.5 Å². The molecule has 1 aromatic carbocycles. The number of hydrogen-bond acceptors (Lipinski definition) is 5. The summed E-state index contributed by atoms with van der Waals surface area (Å²) in [6, 6.07) is 3.79. The first-order chi connectivity index (χ1) is 9.40. The summed E-state index contributed by atoms with van der Waals surface area (Å²) in [5.74, 6) is 0.478. The first-order valence-electron chi connectivity index (χ1n) is 6.16. The summed E-state index contributed by atoms with van der Waals surface area (Å²) >= 11 is 0. The third kappa shape index (κ3) is 5.23. The smallest absolute Gasteiger partial charge is 0.449 e. The Bertz CT molecular complexity index is 486. The number of carboxylic acid groups (broad SMARTS) is 1. The minimum absolute atomic E-state index is 0.0937. The molecule has 0 heterocycles. The van der Waals surface area contributed by atoms with E-state index in [9.17, 15) is 14.9 Å². The molecular weight excluding hydrogens is 266 g/mol. The Balaban J connectivity index is 2.79. The second-order valence-electron chi connectivity index (χ2n) is 4.64. The highest BCUT2D eigenvalue weighted by Crippen LogP contribution is 2.25. The topological polar surface area (TPSA) is 98.9 Å². The van der Waals surface area contributed by atoms with Gasteiger partial charge in [-0.3, -0.25) is 10.1 Å². The van der Waals surface area contributed by atoms with Crippen molar-refractivity contribution in [3.63, 3.8) is 0 Å². The average Bonchev–Trinajstić information content (AvgIpc) is 2.35. The van der Waals surface area contributed by atoms with Crippen LogP contribution in [0.2, 0.25) is 0 Å². The van der Waals surface area contributed by atoms with E-state index in [4.69, 9.17) is 9.84 Å². The van der Waals surface area contributed by atoms with Gasteiger partial charge in [0.15, 0.2) is 0 Å². The lowest BCUT2D eigenvalue weighted by atomic mass is 10.1. The SMILES string of the molecule is CC(C)COCCc1cc([N+](=O)[O-])ccc1OC(=O)O. The molecule has 0 bridgehead atoms. The van der Waals surface area contributed by atoms with Crippen LogP contribution < -0.4 is 4.74 Å². The Morgan fingerprint density at radius 2 is 2.15 bits per heavy atom. The number of nitrogens with zero attached hydrogens (tertiary/aromatic N) is 1. The van der Waals surface area contributed by atoms with E-state index >= 15 is 0 Å². The number of rotatable bonds is 7. The highest BCUT2D eigenvalue weighted by molar-refractivity contribution is 5.62. The van der Waals surface area contributed by atoms with Crippen LogP contribution in [0.15, 0.2) is 18.2 Å². The predicted octanol–water partition coefficient (Wildman–Crippen LogP) is 2.87. The van der Waals surface area contributed by atoms with Gasteiger partial charge in [0.25, 0.3) is 5.69 Å². The summed E-state index contributed by atoms with van der Waals surface area (Å²) in [6.07, 6.45) is -1.11. The molecule has 0 aliphatic rings. The van der Waals surface area contributed by atoms with Gasteiger partial charge in [0.2, 0.25) is 0 Å². The lowest BCUT2D eigenvalue weighted by Crippen LogP contribution is -2.09. The van der Waals surface area contributed by atoms with Gasteiger partial charge in [-0.1, -0.05) is 13.8 Å². The summed E-state index contributed by atoms with van der Waals surface area (Å²) < 4.78 is 9.98. The highest BCUT2D eigenvalue weighted by atomic mass is 16.7. The molecule has 7 nitrogen and oxygen atoms in total. The zero-order valence-corrected chi connectivity index (χ0v) is 11.4. The molecule has 20 heavy (non-hydrogen) atoms. The molecule has 0 aliphatic heterocycles. The van der Waals surface area contributed by atoms with Crippen molar-refractivity contribution in [3.05, 3.63) is 33.9 Å². The van der Waals surface area contributed by atoms with Crippen molar-refractivity contribution in [1.82, 2.24) is 0 Å². The molecule has 0 aliphatic carbocycles. The number of nitro groups is 1. The lowest BCUT2D eigenvalue weighted by Gasteiger charge is -2.09. The highest BCUT2D eigenvalue weighted by Gasteiger charge is 2.14. The van der Waals surface area contributed by atoms with Gasteiger partial charge in [-0.05, 0) is 18.4 Å². The fourth-order valence-electron chi connectivity index (χ4n) is 1.57. The number of carbonyl (C=O) groups is 1. The van der Waals surface area contributed by atoms with E-state index in [1.165, 1.54) is 18.2 Å². The van der Waals surface area contributed by atoms with Crippen LogP contribution in [0.1, 0.15) is 19.4 Å². The van der Waals surface area contributed by atoms with Crippen molar-refractivity contribution in [1.29, 1.82) is 0 Å². The molecule has 0 radical (unpaired) electrons. The molecule has 1 aromatic rings. The molecule has 0 aromatic heterocycles. The van der Waals surface area contributed by atoms with Crippen molar-refractivity contribution in [3.8, 4) is 5.75 Å². The Hall–Kier alpha value is -2.15. The van der Waals surface area contributed by atoms with Crippen molar-refractivity contribution in [2.24, 2.45) is 5.92 Å². The van der Waals surface area contributed by atoms with Gasteiger partial charge in [0, 0.05) is 24.3 Å². The quantitative estimate of drug-likeness (QED) is 0.271. The number of hydrogen-bond donors (Lipinski definition) is 1. The van der Waals surface area contributed by atoms with Gasteiger partial charge in [0.1, 0.15) is 5.75 Å². The zero-order valence-electron chi connectivity index (χ0n) is 11.4. The number of benzene rings is 1. The summed E-state index contributed by atoms with van der Waals surface area (Å²) in [5, 5.41) is 19.3. The lowest BCUT2D eigenvalue weighted by molar-refractivity contribution is -0.384. The molecule has 110 valence electrons. The molecule has 0 fully saturated rings. The average molecular weight is 283 g/mol. The molecule has 1 rings (SSSR count). The molecule has 0 saturated heterocycles. The second-order valence-corrected chi connectivity index (χ2v) is 4.64. The molecule has 7 heteroatoms. The molecule has 0 amide bonds. The van der Waals surface area contributed by atoms with Crippen LogP contribution in [0.4, 0.5) is 10.5 Å². The van der Waals surface area contributed by atoms with E-state index in [1.54, 1.807) is 0 Å². The van der Waals surface area contributed by atoms with Crippen molar-refractivity contribution >= 4 is 11.8 Å². The van der Waals surface area contributed by atoms with Crippen LogP contribution in [0, 0.1) is 16.0 Å². The second kappa shape index (κ2) is 7.44. The van der Waals surface area contributed by atoms with E-state index in [0.29, 0.717) is 31.1 Å².